The second-order valence-corrected chi connectivity index (χ2v) is 12.5. The largest absolute Gasteiger partial charge is 0.309 e. The molecule has 0 aliphatic rings. The standard InChI is InChI=1S/C40H24N4S/c1-3-11-25(12-4-1)26-19-21-28(22-20-26)43-31-17-9-7-15-29(31)34-36-37-33(23-41-24-42-37)45-40(36)39-35(38(34)43)30-16-8-10-18-32(30)44(39)27-13-5-2-6-14-27/h1-24H. The fourth-order valence-corrected chi connectivity index (χ4v) is 8.39. The minimum absolute atomic E-state index is 1.00. The van der Waals surface area contributed by atoms with Crippen molar-refractivity contribution in [1.82, 2.24) is 19.1 Å². The monoisotopic (exact) mass is 592 g/mol. The summed E-state index contributed by atoms with van der Waals surface area (Å²) in [5.41, 5.74) is 10.5. The van der Waals surface area contributed by atoms with Crippen molar-refractivity contribution in [2.45, 2.75) is 0 Å². The van der Waals surface area contributed by atoms with Crippen molar-refractivity contribution in [2.24, 2.45) is 0 Å². The van der Waals surface area contributed by atoms with Gasteiger partial charge in [-0.25, -0.2) is 9.97 Å². The molecule has 210 valence electrons. The maximum Gasteiger partial charge on any atom is 0.116 e. The normalized spacial score (nSPS) is 12.0. The van der Waals surface area contributed by atoms with Crippen LogP contribution in [0.15, 0.2) is 146 Å². The van der Waals surface area contributed by atoms with E-state index in [1.165, 1.54) is 64.8 Å². The van der Waals surface area contributed by atoms with Gasteiger partial charge in [-0.3, -0.25) is 0 Å². The van der Waals surface area contributed by atoms with Crippen molar-refractivity contribution in [3.8, 4) is 22.5 Å². The maximum absolute atomic E-state index is 4.90. The number of benzene rings is 6. The van der Waals surface area contributed by atoms with Gasteiger partial charge >= 0.3 is 0 Å². The molecule has 5 heteroatoms. The lowest BCUT2D eigenvalue weighted by molar-refractivity contribution is 1.18. The summed E-state index contributed by atoms with van der Waals surface area (Å²) in [6.07, 6.45) is 3.64. The highest BCUT2D eigenvalue weighted by atomic mass is 32.1. The number of hydrogen-bond acceptors (Lipinski definition) is 3. The molecule has 4 aromatic heterocycles. The molecule has 10 aromatic rings. The summed E-state index contributed by atoms with van der Waals surface area (Å²) >= 11 is 1.79. The molecule has 0 radical (unpaired) electrons. The zero-order valence-electron chi connectivity index (χ0n) is 24.1. The third kappa shape index (κ3) is 3.41. The predicted octanol–water partition coefficient (Wildman–Crippen LogP) is 10.7. The van der Waals surface area contributed by atoms with Crippen LogP contribution in [0.25, 0.3) is 86.4 Å². The Morgan fingerprint density at radius 2 is 1.07 bits per heavy atom. The van der Waals surface area contributed by atoms with Crippen LogP contribution in [0.5, 0.6) is 0 Å². The van der Waals surface area contributed by atoms with Gasteiger partial charge < -0.3 is 9.13 Å². The lowest BCUT2D eigenvalue weighted by Gasteiger charge is -2.12. The molecule has 0 unspecified atom stereocenters. The number of hydrogen-bond donors (Lipinski definition) is 0. The first kappa shape index (κ1) is 24.6. The molecular formula is C40H24N4S. The molecule has 0 N–H and O–H groups in total. The van der Waals surface area contributed by atoms with Crippen LogP contribution >= 0.6 is 11.3 Å². The number of rotatable bonds is 3. The van der Waals surface area contributed by atoms with Crippen molar-refractivity contribution in [2.75, 3.05) is 0 Å². The Kier molecular flexibility index (Phi) is 5.12. The van der Waals surface area contributed by atoms with Crippen molar-refractivity contribution in [3.63, 3.8) is 0 Å². The first-order valence-corrected chi connectivity index (χ1v) is 15.9. The highest BCUT2D eigenvalue weighted by Gasteiger charge is 2.27. The number of fused-ring (bicyclic) bond motifs is 12. The SMILES string of the molecule is c1ccc(-c2ccc(-n3c4ccccc4c4c5c6ncncc6sc5c5c(c6ccccc6n5-c5ccccc5)c43)cc2)cc1. The van der Waals surface area contributed by atoms with Gasteiger partial charge in [-0.05, 0) is 47.5 Å². The van der Waals surface area contributed by atoms with Crippen LogP contribution in [0, 0.1) is 0 Å². The Balaban J connectivity index is 1.46. The van der Waals surface area contributed by atoms with Crippen LogP contribution in [0.2, 0.25) is 0 Å². The van der Waals surface area contributed by atoms with E-state index in [0.717, 1.165) is 21.6 Å². The lowest BCUT2D eigenvalue weighted by Crippen LogP contribution is -1.96. The zero-order chi connectivity index (χ0) is 29.5. The van der Waals surface area contributed by atoms with Crippen LogP contribution in [0.3, 0.4) is 0 Å². The van der Waals surface area contributed by atoms with E-state index < -0.39 is 0 Å². The number of para-hydroxylation sites is 3. The second-order valence-electron chi connectivity index (χ2n) is 11.4. The van der Waals surface area contributed by atoms with E-state index in [4.69, 9.17) is 4.98 Å². The molecule has 4 heterocycles. The van der Waals surface area contributed by atoms with Crippen molar-refractivity contribution in [3.05, 3.63) is 146 Å². The average Bonchev–Trinajstić information content (AvgIpc) is 3.77. The van der Waals surface area contributed by atoms with Crippen molar-refractivity contribution in [1.29, 1.82) is 0 Å². The molecule has 4 nitrogen and oxygen atoms in total. The molecule has 6 aromatic carbocycles. The highest BCUT2D eigenvalue weighted by Crippen LogP contribution is 2.50. The van der Waals surface area contributed by atoms with E-state index >= 15 is 0 Å². The van der Waals surface area contributed by atoms with Crippen LogP contribution in [0.1, 0.15) is 0 Å². The maximum atomic E-state index is 4.90. The van der Waals surface area contributed by atoms with Gasteiger partial charge in [0.25, 0.3) is 0 Å². The molecule has 10 rings (SSSR count). The van der Waals surface area contributed by atoms with Gasteiger partial charge in [0.05, 0.1) is 37.0 Å². The quantitative estimate of drug-likeness (QED) is 0.205. The Bertz CT molecular complexity index is 2730. The molecule has 0 bridgehead atoms. The number of aromatic nitrogens is 4. The van der Waals surface area contributed by atoms with Gasteiger partial charge in [-0.15, -0.1) is 11.3 Å². The topological polar surface area (TPSA) is 35.6 Å². The summed E-state index contributed by atoms with van der Waals surface area (Å²) in [5, 5.41) is 6.13. The highest BCUT2D eigenvalue weighted by molar-refractivity contribution is 7.26. The predicted molar refractivity (Wildman–Crippen MR) is 189 cm³/mol. The minimum atomic E-state index is 1.00. The van der Waals surface area contributed by atoms with Gasteiger partial charge in [0.15, 0.2) is 0 Å². The Labute approximate surface area is 262 Å². The summed E-state index contributed by atoms with van der Waals surface area (Å²) in [5.74, 6) is 0. The van der Waals surface area contributed by atoms with E-state index in [2.05, 4.69) is 148 Å². The fraction of sp³-hybridized carbons (Fsp3) is 0. The number of nitrogens with zero attached hydrogens (tertiary/aromatic N) is 4. The van der Waals surface area contributed by atoms with E-state index in [1.54, 1.807) is 17.7 Å². The molecule has 0 fully saturated rings. The van der Waals surface area contributed by atoms with Gasteiger partial charge in [-0.2, -0.15) is 0 Å². The van der Waals surface area contributed by atoms with Crippen LogP contribution < -0.4 is 0 Å². The Morgan fingerprint density at radius 3 is 1.80 bits per heavy atom. The summed E-state index contributed by atoms with van der Waals surface area (Å²) < 4.78 is 7.23. The van der Waals surface area contributed by atoms with Crippen LogP contribution in [-0.4, -0.2) is 19.1 Å². The lowest BCUT2D eigenvalue weighted by atomic mass is 10.0. The van der Waals surface area contributed by atoms with Gasteiger partial charge in [0.2, 0.25) is 0 Å². The molecule has 0 saturated heterocycles. The minimum Gasteiger partial charge on any atom is -0.309 e. The molecule has 0 aliphatic carbocycles. The van der Waals surface area contributed by atoms with E-state index in [9.17, 15) is 0 Å². The van der Waals surface area contributed by atoms with Gasteiger partial charge in [0.1, 0.15) is 6.33 Å². The smallest absolute Gasteiger partial charge is 0.116 e. The zero-order valence-corrected chi connectivity index (χ0v) is 24.9. The van der Waals surface area contributed by atoms with E-state index in [-0.39, 0.29) is 0 Å². The van der Waals surface area contributed by atoms with Crippen molar-refractivity contribution >= 4 is 75.3 Å². The fourth-order valence-electron chi connectivity index (χ4n) is 7.22. The second kappa shape index (κ2) is 9.36. The Hall–Kier alpha value is -5.78. The molecule has 0 saturated carbocycles. The first-order valence-electron chi connectivity index (χ1n) is 15.1. The average molecular weight is 593 g/mol. The van der Waals surface area contributed by atoms with Gasteiger partial charge in [-0.1, -0.05) is 97.1 Å². The third-order valence-corrected chi connectivity index (χ3v) is 10.2. The van der Waals surface area contributed by atoms with E-state index in [0.29, 0.717) is 0 Å². The molecule has 0 aliphatic heterocycles. The summed E-state index contributed by atoms with van der Waals surface area (Å²) in [4.78, 5) is 9.32. The molecule has 0 atom stereocenters. The number of thiophene rings is 1. The molecule has 0 spiro atoms. The summed E-state index contributed by atoms with van der Waals surface area (Å²) in [6.45, 7) is 0. The molecular weight excluding hydrogens is 569 g/mol. The summed E-state index contributed by atoms with van der Waals surface area (Å²) in [6, 6.07) is 47.9. The third-order valence-electron chi connectivity index (χ3n) is 9.05. The van der Waals surface area contributed by atoms with Crippen LogP contribution in [0.4, 0.5) is 0 Å². The van der Waals surface area contributed by atoms with Crippen LogP contribution in [-0.2, 0) is 0 Å². The molecule has 0 amide bonds. The molecule has 45 heavy (non-hydrogen) atoms. The Morgan fingerprint density at radius 1 is 0.489 bits per heavy atom. The summed E-state index contributed by atoms with van der Waals surface area (Å²) in [7, 11) is 0. The van der Waals surface area contributed by atoms with Crippen molar-refractivity contribution < 1.29 is 0 Å². The van der Waals surface area contributed by atoms with E-state index in [1.807, 2.05) is 6.20 Å². The van der Waals surface area contributed by atoms with Gasteiger partial charge in [0, 0.05) is 44.5 Å². The first-order chi connectivity index (χ1) is 22.4.